The first-order chi connectivity index (χ1) is 8.05. The van der Waals surface area contributed by atoms with Crippen molar-refractivity contribution < 1.29 is 17.9 Å². The van der Waals surface area contributed by atoms with E-state index in [0.29, 0.717) is 13.1 Å². The first kappa shape index (κ1) is 12.5. The van der Waals surface area contributed by atoms with Gasteiger partial charge in [-0.25, -0.2) is 13.2 Å². The van der Waals surface area contributed by atoms with Gasteiger partial charge in [-0.05, 0) is 18.9 Å². The average molecular weight is 275 g/mol. The molecule has 0 radical (unpaired) electrons. The molecule has 1 aliphatic heterocycles. The fourth-order valence-corrected chi connectivity index (χ4v) is 4.55. The maximum absolute atomic E-state index is 12.1. The number of thiophene rings is 1. The lowest BCUT2D eigenvalue weighted by molar-refractivity contribution is 0.0601. The summed E-state index contributed by atoms with van der Waals surface area (Å²) < 4.78 is 30.5. The highest BCUT2D eigenvalue weighted by atomic mass is 32.2. The van der Waals surface area contributed by atoms with Crippen molar-refractivity contribution in [1.29, 1.82) is 0 Å². The molecule has 0 bridgehead atoms. The van der Waals surface area contributed by atoms with Gasteiger partial charge in [0.1, 0.15) is 4.21 Å². The van der Waals surface area contributed by atoms with E-state index < -0.39 is 16.0 Å². The summed E-state index contributed by atoms with van der Waals surface area (Å²) in [6, 6.07) is 1.38. The normalized spacial score (nSPS) is 17.2. The molecule has 1 aliphatic rings. The minimum atomic E-state index is -3.42. The van der Waals surface area contributed by atoms with Crippen LogP contribution < -0.4 is 0 Å². The summed E-state index contributed by atoms with van der Waals surface area (Å²) in [5.41, 5.74) is 0.287. The molecule has 1 aromatic heterocycles. The Bertz CT molecular complexity index is 514. The van der Waals surface area contributed by atoms with Crippen molar-refractivity contribution in [3.63, 3.8) is 0 Å². The van der Waals surface area contributed by atoms with E-state index in [1.165, 1.54) is 22.9 Å². The van der Waals surface area contributed by atoms with Crippen molar-refractivity contribution in [2.45, 2.75) is 17.1 Å². The number of carbonyl (C=O) groups excluding carboxylic acids is 1. The summed E-state index contributed by atoms with van der Waals surface area (Å²) in [6.45, 7) is 1.13. The highest BCUT2D eigenvalue weighted by Gasteiger charge is 2.29. The number of methoxy groups -OCH3 is 1. The minimum Gasteiger partial charge on any atom is -0.465 e. The molecule has 7 heteroatoms. The Morgan fingerprint density at radius 3 is 2.65 bits per heavy atom. The van der Waals surface area contributed by atoms with E-state index in [1.54, 1.807) is 0 Å². The van der Waals surface area contributed by atoms with E-state index in [2.05, 4.69) is 4.74 Å². The SMILES string of the molecule is COC(=O)c1csc(S(=O)(=O)N2CCCC2)c1. The Balaban J connectivity index is 2.27. The molecule has 0 N–H and O–H groups in total. The molecule has 5 nitrogen and oxygen atoms in total. The standard InChI is InChI=1S/C10H13NO4S2/c1-15-10(12)8-6-9(16-7-8)17(13,14)11-4-2-3-5-11/h6-7H,2-5H2,1H3. The predicted octanol–water partition coefficient (Wildman–Crippen LogP) is 1.32. The molecule has 0 aromatic carbocycles. The van der Waals surface area contributed by atoms with E-state index in [-0.39, 0.29) is 9.77 Å². The second-order valence-electron chi connectivity index (χ2n) is 3.76. The monoisotopic (exact) mass is 275 g/mol. The van der Waals surface area contributed by atoms with Crippen LogP contribution in [0.5, 0.6) is 0 Å². The van der Waals surface area contributed by atoms with Crippen molar-refractivity contribution in [2.24, 2.45) is 0 Å². The van der Waals surface area contributed by atoms with Crippen LogP contribution in [-0.2, 0) is 14.8 Å². The quantitative estimate of drug-likeness (QED) is 0.780. The molecule has 0 unspecified atom stereocenters. The Kier molecular flexibility index (Phi) is 3.50. The molecule has 0 spiro atoms. The van der Waals surface area contributed by atoms with Crippen molar-refractivity contribution >= 4 is 27.3 Å². The van der Waals surface area contributed by atoms with Gasteiger partial charge in [0.05, 0.1) is 12.7 Å². The Labute approximate surface area is 104 Å². The zero-order valence-corrected chi connectivity index (χ0v) is 11.0. The van der Waals surface area contributed by atoms with Crippen molar-refractivity contribution in [3.8, 4) is 0 Å². The zero-order chi connectivity index (χ0) is 12.5. The number of ether oxygens (including phenoxy) is 1. The second kappa shape index (κ2) is 4.75. The van der Waals surface area contributed by atoms with Crippen LogP contribution in [0.3, 0.4) is 0 Å². The summed E-state index contributed by atoms with van der Waals surface area (Å²) in [7, 11) is -2.14. The van der Waals surface area contributed by atoms with Gasteiger partial charge < -0.3 is 4.74 Å². The summed E-state index contributed by atoms with van der Waals surface area (Å²) in [5.74, 6) is -0.510. The van der Waals surface area contributed by atoms with Crippen molar-refractivity contribution in [3.05, 3.63) is 17.0 Å². The molecule has 1 aromatic rings. The maximum Gasteiger partial charge on any atom is 0.338 e. The number of sulfonamides is 1. The van der Waals surface area contributed by atoms with E-state index in [0.717, 1.165) is 24.2 Å². The molecule has 2 rings (SSSR count). The molecule has 0 atom stereocenters. The summed E-state index contributed by atoms with van der Waals surface area (Å²) in [5, 5.41) is 1.51. The number of carbonyl (C=O) groups is 1. The van der Waals surface area contributed by atoms with E-state index in [4.69, 9.17) is 0 Å². The van der Waals surface area contributed by atoms with Gasteiger partial charge in [0, 0.05) is 18.5 Å². The lowest BCUT2D eigenvalue weighted by Crippen LogP contribution is -2.27. The molecule has 17 heavy (non-hydrogen) atoms. The number of hydrogen-bond acceptors (Lipinski definition) is 5. The third-order valence-electron chi connectivity index (χ3n) is 2.66. The van der Waals surface area contributed by atoms with Crippen LogP contribution in [0.15, 0.2) is 15.7 Å². The summed E-state index contributed by atoms with van der Waals surface area (Å²) in [6.07, 6.45) is 1.79. The number of hydrogen-bond donors (Lipinski definition) is 0. The van der Waals surface area contributed by atoms with Gasteiger partial charge in [0.15, 0.2) is 0 Å². The smallest absolute Gasteiger partial charge is 0.338 e. The molecule has 2 heterocycles. The fraction of sp³-hybridized carbons (Fsp3) is 0.500. The largest absolute Gasteiger partial charge is 0.465 e. The molecular formula is C10H13NO4S2. The molecule has 0 aliphatic carbocycles. The lowest BCUT2D eigenvalue weighted by atomic mass is 10.3. The lowest BCUT2D eigenvalue weighted by Gasteiger charge is -2.13. The number of rotatable bonds is 3. The minimum absolute atomic E-state index is 0.208. The molecule has 1 saturated heterocycles. The summed E-state index contributed by atoms with van der Waals surface area (Å²) in [4.78, 5) is 11.3. The summed E-state index contributed by atoms with van der Waals surface area (Å²) >= 11 is 1.06. The number of esters is 1. The molecule has 94 valence electrons. The molecule has 0 saturated carbocycles. The van der Waals surface area contributed by atoms with Gasteiger partial charge in [0.25, 0.3) is 10.0 Å². The number of nitrogens with zero attached hydrogens (tertiary/aromatic N) is 1. The van der Waals surface area contributed by atoms with Crippen LogP contribution in [0.4, 0.5) is 0 Å². The van der Waals surface area contributed by atoms with Gasteiger partial charge in [0.2, 0.25) is 0 Å². The topological polar surface area (TPSA) is 63.7 Å². The molecule has 1 fully saturated rings. The van der Waals surface area contributed by atoms with Gasteiger partial charge in [-0.15, -0.1) is 11.3 Å². The Morgan fingerprint density at radius 2 is 2.06 bits per heavy atom. The van der Waals surface area contributed by atoms with Gasteiger partial charge >= 0.3 is 5.97 Å². The third kappa shape index (κ3) is 2.36. The third-order valence-corrected chi connectivity index (χ3v) is 5.97. The van der Waals surface area contributed by atoms with Crippen LogP contribution in [0.1, 0.15) is 23.2 Å². The maximum atomic E-state index is 12.1. The van der Waals surface area contributed by atoms with Crippen molar-refractivity contribution in [1.82, 2.24) is 4.31 Å². The van der Waals surface area contributed by atoms with Crippen LogP contribution in [0.25, 0.3) is 0 Å². The first-order valence-corrected chi connectivity index (χ1v) is 7.54. The Morgan fingerprint density at radius 1 is 1.41 bits per heavy atom. The average Bonchev–Trinajstić information content (AvgIpc) is 2.98. The van der Waals surface area contributed by atoms with Gasteiger partial charge in [-0.2, -0.15) is 4.31 Å². The fourth-order valence-electron chi connectivity index (χ4n) is 1.73. The van der Waals surface area contributed by atoms with E-state index in [9.17, 15) is 13.2 Å². The zero-order valence-electron chi connectivity index (χ0n) is 9.38. The Hall–Kier alpha value is -0.920. The molecular weight excluding hydrogens is 262 g/mol. The first-order valence-electron chi connectivity index (χ1n) is 5.22. The van der Waals surface area contributed by atoms with Crippen molar-refractivity contribution in [2.75, 3.05) is 20.2 Å². The molecule has 0 amide bonds. The van der Waals surface area contributed by atoms with Crippen LogP contribution in [0, 0.1) is 0 Å². The van der Waals surface area contributed by atoms with Crippen LogP contribution in [0.2, 0.25) is 0 Å². The van der Waals surface area contributed by atoms with Crippen LogP contribution >= 0.6 is 11.3 Å². The predicted molar refractivity (Wildman–Crippen MR) is 63.7 cm³/mol. The van der Waals surface area contributed by atoms with E-state index >= 15 is 0 Å². The highest BCUT2D eigenvalue weighted by molar-refractivity contribution is 7.91. The highest BCUT2D eigenvalue weighted by Crippen LogP contribution is 2.26. The van der Waals surface area contributed by atoms with Gasteiger partial charge in [-0.3, -0.25) is 0 Å². The van der Waals surface area contributed by atoms with Gasteiger partial charge in [-0.1, -0.05) is 0 Å². The van der Waals surface area contributed by atoms with Crippen LogP contribution in [-0.4, -0.2) is 38.9 Å². The second-order valence-corrected chi connectivity index (χ2v) is 6.83. The van der Waals surface area contributed by atoms with E-state index in [1.807, 2.05) is 0 Å².